The van der Waals surface area contributed by atoms with Crippen LogP contribution in [-0.4, -0.2) is 16.8 Å². The molecule has 1 fully saturated rings. The molecule has 0 saturated carbocycles. The molecular formula is C14H12N2O2. The lowest BCUT2D eigenvalue weighted by molar-refractivity contribution is -0.129. The zero-order chi connectivity index (χ0) is 12.5. The van der Waals surface area contributed by atoms with E-state index in [0.29, 0.717) is 25.1 Å². The Hall–Kier alpha value is -2.23. The number of nitrogens with zero attached hydrogens (tertiary/aromatic N) is 2. The molecule has 0 radical (unpaired) electrons. The molecule has 1 saturated heterocycles. The Morgan fingerprint density at radius 2 is 1.67 bits per heavy atom. The van der Waals surface area contributed by atoms with E-state index in [4.69, 9.17) is 0 Å². The topological polar surface area (TPSA) is 50.3 Å². The lowest BCUT2D eigenvalue weighted by Crippen LogP contribution is -2.40. The van der Waals surface area contributed by atoms with Gasteiger partial charge in [0, 0.05) is 18.2 Å². The number of aromatic nitrogens is 1. The summed E-state index contributed by atoms with van der Waals surface area (Å²) in [5.41, 5.74) is 0.793. The zero-order valence-corrected chi connectivity index (χ0v) is 9.80. The summed E-state index contributed by atoms with van der Waals surface area (Å²) in [7, 11) is 0. The molecule has 2 heterocycles. The van der Waals surface area contributed by atoms with Crippen molar-refractivity contribution < 1.29 is 9.59 Å². The van der Waals surface area contributed by atoms with Crippen molar-refractivity contribution in [2.24, 2.45) is 0 Å². The van der Waals surface area contributed by atoms with Crippen LogP contribution in [-0.2, 0) is 9.59 Å². The van der Waals surface area contributed by atoms with Gasteiger partial charge in [-0.2, -0.15) is 0 Å². The molecule has 0 N–H and O–H groups in total. The normalized spacial score (nSPS) is 16.3. The molecule has 0 spiro atoms. The van der Waals surface area contributed by atoms with Gasteiger partial charge in [0.2, 0.25) is 11.8 Å². The zero-order valence-electron chi connectivity index (χ0n) is 9.80. The fraction of sp³-hybridized carbons (Fsp3) is 0.214. The van der Waals surface area contributed by atoms with Gasteiger partial charge in [-0.25, -0.2) is 9.88 Å². The van der Waals surface area contributed by atoms with Crippen LogP contribution in [0.2, 0.25) is 0 Å². The Labute approximate surface area is 104 Å². The minimum atomic E-state index is -0.158. The number of fused-ring (bicyclic) bond motifs is 1. The highest BCUT2D eigenvalue weighted by Crippen LogP contribution is 2.22. The van der Waals surface area contributed by atoms with Gasteiger partial charge >= 0.3 is 0 Å². The van der Waals surface area contributed by atoms with E-state index in [1.165, 1.54) is 4.90 Å². The quantitative estimate of drug-likeness (QED) is 0.718. The van der Waals surface area contributed by atoms with Crippen molar-refractivity contribution in [2.75, 3.05) is 4.90 Å². The average Bonchev–Trinajstić information content (AvgIpc) is 2.38. The summed E-state index contributed by atoms with van der Waals surface area (Å²) in [5.74, 6) is 0.117. The SMILES string of the molecule is O=C1CCCC(=O)N1c1ccc2ccccc2n1. The van der Waals surface area contributed by atoms with Gasteiger partial charge < -0.3 is 0 Å². The van der Waals surface area contributed by atoms with Gasteiger partial charge in [0.05, 0.1) is 5.52 Å². The summed E-state index contributed by atoms with van der Waals surface area (Å²) in [5, 5.41) is 0.998. The number of carbonyl (C=O) groups is 2. The van der Waals surface area contributed by atoms with E-state index in [-0.39, 0.29) is 11.8 Å². The second-order valence-electron chi connectivity index (χ2n) is 4.34. The third-order valence-corrected chi connectivity index (χ3v) is 3.09. The van der Waals surface area contributed by atoms with Crippen molar-refractivity contribution in [3.05, 3.63) is 36.4 Å². The summed E-state index contributed by atoms with van der Waals surface area (Å²) in [4.78, 5) is 29.2. The van der Waals surface area contributed by atoms with Gasteiger partial charge in [-0.3, -0.25) is 9.59 Å². The highest BCUT2D eigenvalue weighted by molar-refractivity contribution is 6.16. The molecule has 1 aromatic heterocycles. The van der Waals surface area contributed by atoms with E-state index in [1.54, 1.807) is 6.07 Å². The van der Waals surface area contributed by atoms with Crippen LogP contribution < -0.4 is 4.90 Å². The molecule has 0 aliphatic carbocycles. The van der Waals surface area contributed by atoms with Crippen molar-refractivity contribution in [3.63, 3.8) is 0 Å². The highest BCUT2D eigenvalue weighted by Gasteiger charge is 2.28. The standard InChI is InChI=1S/C14H12N2O2/c17-13-6-3-7-14(18)16(13)12-9-8-10-4-1-2-5-11(10)15-12/h1-2,4-5,8-9H,3,6-7H2. The summed E-state index contributed by atoms with van der Waals surface area (Å²) < 4.78 is 0. The summed E-state index contributed by atoms with van der Waals surface area (Å²) in [6.07, 6.45) is 1.47. The van der Waals surface area contributed by atoms with E-state index >= 15 is 0 Å². The summed E-state index contributed by atoms with van der Waals surface area (Å²) >= 11 is 0. The van der Waals surface area contributed by atoms with E-state index in [0.717, 1.165) is 10.9 Å². The molecule has 0 unspecified atom stereocenters. The van der Waals surface area contributed by atoms with Gasteiger partial charge in [-0.1, -0.05) is 18.2 Å². The molecule has 0 bridgehead atoms. The number of pyridine rings is 1. The number of imide groups is 1. The predicted molar refractivity (Wildman–Crippen MR) is 68.1 cm³/mol. The first-order valence-electron chi connectivity index (χ1n) is 5.97. The van der Waals surface area contributed by atoms with Gasteiger partial charge in [-0.15, -0.1) is 0 Å². The van der Waals surface area contributed by atoms with Crippen LogP contribution in [0, 0.1) is 0 Å². The monoisotopic (exact) mass is 240 g/mol. The van der Waals surface area contributed by atoms with Gasteiger partial charge in [0.25, 0.3) is 0 Å². The molecule has 1 aromatic carbocycles. The smallest absolute Gasteiger partial charge is 0.234 e. The first-order chi connectivity index (χ1) is 8.75. The molecule has 2 amide bonds. The number of benzene rings is 1. The van der Waals surface area contributed by atoms with Crippen LogP contribution in [0.25, 0.3) is 10.9 Å². The Balaban J connectivity index is 2.08. The Morgan fingerprint density at radius 1 is 0.944 bits per heavy atom. The van der Waals surface area contributed by atoms with Crippen LogP contribution in [0.3, 0.4) is 0 Å². The van der Waals surface area contributed by atoms with E-state index in [2.05, 4.69) is 4.98 Å². The molecule has 18 heavy (non-hydrogen) atoms. The minimum Gasteiger partial charge on any atom is -0.274 e. The predicted octanol–water partition coefficient (Wildman–Crippen LogP) is 2.28. The lowest BCUT2D eigenvalue weighted by atomic mass is 10.1. The maximum atomic E-state index is 11.8. The van der Waals surface area contributed by atoms with E-state index in [1.807, 2.05) is 30.3 Å². The largest absolute Gasteiger partial charge is 0.274 e. The number of carbonyl (C=O) groups excluding carboxylic acids is 2. The number of para-hydroxylation sites is 1. The fourth-order valence-corrected chi connectivity index (χ4v) is 2.19. The molecule has 0 atom stereocenters. The molecule has 1 aliphatic heterocycles. The van der Waals surface area contributed by atoms with Crippen LogP contribution >= 0.6 is 0 Å². The number of amides is 2. The van der Waals surface area contributed by atoms with Gasteiger partial charge in [0.1, 0.15) is 5.82 Å². The maximum absolute atomic E-state index is 11.8. The van der Waals surface area contributed by atoms with Gasteiger partial charge in [-0.05, 0) is 24.6 Å². The van der Waals surface area contributed by atoms with Crippen LogP contribution in [0.15, 0.2) is 36.4 Å². The molecule has 3 rings (SSSR count). The number of hydrogen-bond acceptors (Lipinski definition) is 3. The number of hydrogen-bond donors (Lipinski definition) is 0. The van der Waals surface area contributed by atoms with Crippen molar-refractivity contribution in [1.29, 1.82) is 0 Å². The van der Waals surface area contributed by atoms with Crippen molar-refractivity contribution in [2.45, 2.75) is 19.3 Å². The van der Waals surface area contributed by atoms with Crippen LogP contribution in [0.5, 0.6) is 0 Å². The van der Waals surface area contributed by atoms with Gasteiger partial charge in [0.15, 0.2) is 0 Å². The Morgan fingerprint density at radius 3 is 2.44 bits per heavy atom. The lowest BCUT2D eigenvalue weighted by Gasteiger charge is -2.23. The van der Waals surface area contributed by atoms with Crippen LogP contribution in [0.1, 0.15) is 19.3 Å². The maximum Gasteiger partial charge on any atom is 0.234 e. The van der Waals surface area contributed by atoms with Crippen molar-refractivity contribution >= 4 is 28.5 Å². The molecule has 2 aromatic rings. The van der Waals surface area contributed by atoms with Crippen molar-refractivity contribution in [3.8, 4) is 0 Å². The summed E-state index contributed by atoms with van der Waals surface area (Å²) in [6.45, 7) is 0. The number of anilines is 1. The first-order valence-corrected chi connectivity index (χ1v) is 5.97. The Bertz CT molecular complexity index is 620. The third-order valence-electron chi connectivity index (χ3n) is 3.09. The first kappa shape index (κ1) is 10.9. The van der Waals surface area contributed by atoms with Crippen molar-refractivity contribution in [1.82, 2.24) is 4.98 Å². The second-order valence-corrected chi connectivity index (χ2v) is 4.34. The third kappa shape index (κ3) is 1.76. The molecule has 4 nitrogen and oxygen atoms in total. The molecule has 1 aliphatic rings. The molecular weight excluding hydrogens is 228 g/mol. The van der Waals surface area contributed by atoms with Crippen LogP contribution in [0.4, 0.5) is 5.82 Å². The molecule has 4 heteroatoms. The van der Waals surface area contributed by atoms with E-state index < -0.39 is 0 Å². The second kappa shape index (κ2) is 4.22. The average molecular weight is 240 g/mol. The van der Waals surface area contributed by atoms with E-state index in [9.17, 15) is 9.59 Å². The summed E-state index contributed by atoms with van der Waals surface area (Å²) in [6, 6.07) is 11.2. The fourth-order valence-electron chi connectivity index (χ4n) is 2.19. The number of piperidine rings is 1. The number of rotatable bonds is 1. The minimum absolute atomic E-state index is 0.158. The molecule has 90 valence electrons. The highest BCUT2D eigenvalue weighted by atomic mass is 16.2. The Kier molecular flexibility index (Phi) is 2.55.